The van der Waals surface area contributed by atoms with Crippen LogP contribution in [0.25, 0.3) is 0 Å². The maximum Gasteiger partial charge on any atom is 0.246 e. The van der Waals surface area contributed by atoms with Gasteiger partial charge in [0.25, 0.3) is 0 Å². The first kappa shape index (κ1) is 20.3. The summed E-state index contributed by atoms with van der Waals surface area (Å²) in [6, 6.07) is 20.7. The van der Waals surface area contributed by atoms with Crippen molar-refractivity contribution >= 4 is 5.91 Å². The smallest absolute Gasteiger partial charge is 0.246 e. The number of benzene rings is 2. The first-order valence-corrected chi connectivity index (χ1v) is 9.78. The van der Waals surface area contributed by atoms with Crippen LogP contribution in [0.5, 0.6) is 0 Å². The minimum atomic E-state index is -0.154. The topological polar surface area (TPSA) is 46.9 Å². The third kappa shape index (κ3) is 5.32. The van der Waals surface area contributed by atoms with Gasteiger partial charge >= 0.3 is 0 Å². The first-order chi connectivity index (χ1) is 14.1. The van der Waals surface area contributed by atoms with E-state index in [2.05, 4.69) is 47.3 Å². The van der Waals surface area contributed by atoms with Crippen LogP contribution in [0.3, 0.4) is 0 Å². The van der Waals surface area contributed by atoms with Gasteiger partial charge in [0.15, 0.2) is 0 Å². The lowest BCUT2D eigenvalue weighted by molar-refractivity contribution is -0.117. The molecule has 0 unspecified atom stereocenters. The normalized spacial score (nSPS) is 10.5. The average Bonchev–Trinajstić information content (AvgIpc) is 3.04. The van der Waals surface area contributed by atoms with Crippen molar-refractivity contribution in [3.05, 3.63) is 114 Å². The van der Waals surface area contributed by atoms with Crippen LogP contribution in [0.2, 0.25) is 0 Å². The Morgan fingerprint density at radius 3 is 2.28 bits per heavy atom. The van der Waals surface area contributed by atoms with Gasteiger partial charge in [0.1, 0.15) is 5.82 Å². The van der Waals surface area contributed by atoms with E-state index in [-0.39, 0.29) is 5.91 Å². The van der Waals surface area contributed by atoms with Gasteiger partial charge in [-0.05, 0) is 18.1 Å². The van der Waals surface area contributed by atoms with E-state index in [4.69, 9.17) is 4.98 Å². The first-order valence-electron chi connectivity index (χ1n) is 9.78. The lowest BCUT2D eigenvalue weighted by atomic mass is 10.1. The van der Waals surface area contributed by atoms with E-state index in [0.717, 1.165) is 30.2 Å². The summed E-state index contributed by atoms with van der Waals surface area (Å²) in [7, 11) is 0. The standard InChI is InChI=1S/C25H27N3O/c1-4-11-24-27-22(17-26-25(29)19(2)3)23(16-20-12-7-5-8-13-20)28(24)18-21-14-9-6-10-15-21/h4-10,12-15H,1-2,11,16-18H2,3H3,(H,26,29). The molecule has 1 amide bonds. The van der Waals surface area contributed by atoms with Crippen LogP contribution in [0, 0.1) is 0 Å². The monoisotopic (exact) mass is 385 g/mol. The molecule has 1 N–H and O–H groups in total. The molecular formula is C25H27N3O. The molecule has 3 rings (SSSR count). The summed E-state index contributed by atoms with van der Waals surface area (Å²) >= 11 is 0. The van der Waals surface area contributed by atoms with Crippen molar-refractivity contribution in [2.75, 3.05) is 0 Å². The zero-order chi connectivity index (χ0) is 20.6. The van der Waals surface area contributed by atoms with Gasteiger partial charge in [-0.25, -0.2) is 4.98 Å². The molecule has 2 aromatic carbocycles. The average molecular weight is 386 g/mol. The van der Waals surface area contributed by atoms with Crippen LogP contribution < -0.4 is 5.32 Å². The number of imidazole rings is 1. The van der Waals surface area contributed by atoms with Gasteiger partial charge in [-0.1, -0.05) is 73.3 Å². The quantitative estimate of drug-likeness (QED) is 0.437. The van der Waals surface area contributed by atoms with Gasteiger partial charge in [0.2, 0.25) is 5.91 Å². The van der Waals surface area contributed by atoms with E-state index >= 15 is 0 Å². The highest BCUT2D eigenvalue weighted by molar-refractivity contribution is 5.91. The molecule has 0 aliphatic rings. The lowest BCUT2D eigenvalue weighted by Crippen LogP contribution is -2.24. The molecule has 1 heterocycles. The fourth-order valence-electron chi connectivity index (χ4n) is 3.27. The molecule has 29 heavy (non-hydrogen) atoms. The number of carbonyl (C=O) groups excluding carboxylic acids is 1. The van der Waals surface area contributed by atoms with Crippen LogP contribution in [0.15, 0.2) is 85.5 Å². The van der Waals surface area contributed by atoms with Crippen molar-refractivity contribution in [3.63, 3.8) is 0 Å². The number of amides is 1. The minimum absolute atomic E-state index is 0.154. The van der Waals surface area contributed by atoms with Crippen LogP contribution in [-0.4, -0.2) is 15.5 Å². The molecule has 0 spiro atoms. The van der Waals surface area contributed by atoms with Crippen LogP contribution in [0.4, 0.5) is 0 Å². The number of allylic oxidation sites excluding steroid dienone is 1. The van der Waals surface area contributed by atoms with Crippen LogP contribution in [0.1, 0.15) is 35.3 Å². The highest BCUT2D eigenvalue weighted by Crippen LogP contribution is 2.20. The van der Waals surface area contributed by atoms with Crippen molar-refractivity contribution in [2.24, 2.45) is 0 Å². The van der Waals surface area contributed by atoms with Gasteiger partial charge in [-0.15, -0.1) is 6.58 Å². The zero-order valence-electron chi connectivity index (χ0n) is 16.9. The predicted molar refractivity (Wildman–Crippen MR) is 118 cm³/mol. The largest absolute Gasteiger partial charge is 0.347 e. The van der Waals surface area contributed by atoms with Crippen molar-refractivity contribution in [2.45, 2.75) is 32.9 Å². The van der Waals surface area contributed by atoms with E-state index in [9.17, 15) is 4.79 Å². The Labute approximate surface area is 172 Å². The molecule has 0 aliphatic carbocycles. The molecule has 0 atom stereocenters. The zero-order valence-corrected chi connectivity index (χ0v) is 16.9. The van der Waals surface area contributed by atoms with Crippen molar-refractivity contribution in [1.29, 1.82) is 0 Å². The van der Waals surface area contributed by atoms with Gasteiger partial charge in [-0.2, -0.15) is 0 Å². The molecule has 0 bridgehead atoms. The highest BCUT2D eigenvalue weighted by atomic mass is 16.1. The van der Waals surface area contributed by atoms with E-state index < -0.39 is 0 Å². The van der Waals surface area contributed by atoms with Gasteiger partial charge in [0, 0.05) is 30.7 Å². The second-order valence-electron chi connectivity index (χ2n) is 7.11. The molecule has 148 valence electrons. The maximum atomic E-state index is 12.0. The van der Waals surface area contributed by atoms with Crippen molar-refractivity contribution < 1.29 is 4.79 Å². The Morgan fingerprint density at radius 2 is 1.69 bits per heavy atom. The Morgan fingerprint density at radius 1 is 1.07 bits per heavy atom. The molecule has 4 nitrogen and oxygen atoms in total. The summed E-state index contributed by atoms with van der Waals surface area (Å²) in [6.45, 7) is 10.4. The third-order valence-corrected chi connectivity index (χ3v) is 4.76. The molecule has 0 aliphatic heterocycles. The molecule has 0 fully saturated rings. The van der Waals surface area contributed by atoms with Crippen LogP contribution in [-0.2, 0) is 30.7 Å². The van der Waals surface area contributed by atoms with Gasteiger partial charge in [0.05, 0.1) is 12.2 Å². The number of nitrogens with zero attached hydrogens (tertiary/aromatic N) is 2. The minimum Gasteiger partial charge on any atom is -0.347 e. The van der Waals surface area contributed by atoms with Crippen molar-refractivity contribution in [1.82, 2.24) is 14.9 Å². The summed E-state index contributed by atoms with van der Waals surface area (Å²) in [5.41, 5.74) is 4.90. The molecular weight excluding hydrogens is 358 g/mol. The molecule has 4 heteroatoms. The molecule has 3 aromatic rings. The summed E-state index contributed by atoms with van der Waals surface area (Å²) in [5, 5.41) is 2.93. The third-order valence-electron chi connectivity index (χ3n) is 4.76. The summed E-state index contributed by atoms with van der Waals surface area (Å²) in [4.78, 5) is 16.9. The second-order valence-corrected chi connectivity index (χ2v) is 7.11. The van der Waals surface area contributed by atoms with Crippen molar-refractivity contribution in [3.8, 4) is 0 Å². The van der Waals surface area contributed by atoms with Gasteiger partial charge in [-0.3, -0.25) is 4.79 Å². The Balaban J connectivity index is 2.00. The lowest BCUT2D eigenvalue weighted by Gasteiger charge is -2.13. The number of hydrogen-bond donors (Lipinski definition) is 1. The number of rotatable bonds is 9. The number of nitrogens with one attached hydrogen (secondary N) is 1. The second kappa shape index (κ2) is 9.69. The number of hydrogen-bond acceptors (Lipinski definition) is 2. The van der Waals surface area contributed by atoms with E-state index in [0.29, 0.717) is 18.5 Å². The van der Waals surface area contributed by atoms with E-state index in [1.807, 2.05) is 42.5 Å². The molecule has 0 radical (unpaired) electrons. The fraction of sp³-hybridized carbons (Fsp3) is 0.200. The van der Waals surface area contributed by atoms with E-state index in [1.165, 1.54) is 11.1 Å². The molecule has 1 aromatic heterocycles. The Bertz CT molecular complexity index is 988. The highest BCUT2D eigenvalue weighted by Gasteiger charge is 2.18. The molecule has 0 saturated heterocycles. The predicted octanol–water partition coefficient (Wildman–Crippen LogP) is 4.44. The Kier molecular flexibility index (Phi) is 6.80. The SMILES string of the molecule is C=CCc1nc(CNC(=O)C(=C)C)c(Cc2ccccc2)n1Cc1ccccc1. The van der Waals surface area contributed by atoms with Gasteiger partial charge < -0.3 is 9.88 Å². The summed E-state index contributed by atoms with van der Waals surface area (Å²) < 4.78 is 2.26. The number of carbonyl (C=O) groups is 1. The fourth-order valence-corrected chi connectivity index (χ4v) is 3.27. The van der Waals surface area contributed by atoms with E-state index in [1.54, 1.807) is 6.92 Å². The summed E-state index contributed by atoms with van der Waals surface area (Å²) in [5.74, 6) is 0.799. The van der Waals surface area contributed by atoms with Crippen LogP contribution >= 0.6 is 0 Å². The Hall–Kier alpha value is -3.40. The molecule has 0 saturated carbocycles. The summed E-state index contributed by atoms with van der Waals surface area (Å²) in [6.07, 6.45) is 3.28. The maximum absolute atomic E-state index is 12.0. The number of aromatic nitrogens is 2.